The van der Waals surface area contributed by atoms with Gasteiger partial charge in [0.2, 0.25) is 6.41 Å². The number of hydrogen-bond acceptors (Lipinski definition) is 4. The summed E-state index contributed by atoms with van der Waals surface area (Å²) in [5.74, 6) is 0. The smallest absolute Gasteiger partial charge is 0.215 e. The molecule has 0 bridgehead atoms. The molecule has 0 heterocycles. The Kier molecular flexibility index (Phi) is 5.72. The summed E-state index contributed by atoms with van der Waals surface area (Å²) in [7, 11) is 0. The first-order chi connectivity index (χ1) is 8.59. The molecule has 0 aliphatic carbocycles. The summed E-state index contributed by atoms with van der Waals surface area (Å²) in [6, 6.07) is 11.2. The lowest BCUT2D eigenvalue weighted by atomic mass is 10.0. The topological polar surface area (TPSA) is 65.3 Å². The highest BCUT2D eigenvalue weighted by molar-refractivity contribution is 5.13. The van der Waals surface area contributed by atoms with Gasteiger partial charge in [0.25, 0.3) is 0 Å². The zero-order chi connectivity index (χ0) is 13.4. The number of nitrogens with zero attached hydrogens (tertiary/aromatic N) is 1. The average Bonchev–Trinajstić information content (AvgIpc) is 2.38. The van der Waals surface area contributed by atoms with E-state index in [1.165, 1.54) is 6.92 Å². The summed E-state index contributed by atoms with van der Waals surface area (Å²) in [5, 5.41) is 21.0. The van der Waals surface area contributed by atoms with E-state index in [0.29, 0.717) is 0 Å². The number of nitriles is 1. The molecule has 2 unspecified atom stereocenters. The van der Waals surface area contributed by atoms with E-state index in [4.69, 9.17) is 10.00 Å². The van der Waals surface area contributed by atoms with Crippen LogP contribution in [0.3, 0.4) is 0 Å². The van der Waals surface area contributed by atoms with Crippen molar-refractivity contribution in [2.75, 3.05) is 6.67 Å². The van der Waals surface area contributed by atoms with Gasteiger partial charge >= 0.3 is 0 Å². The van der Waals surface area contributed by atoms with Crippen LogP contribution < -0.4 is 5.32 Å². The zero-order valence-electron chi connectivity index (χ0n) is 10.3. The molecular weight excluding hydrogens is 235 g/mol. The Hall–Kier alpha value is -1.48. The first kappa shape index (κ1) is 14.6. The van der Waals surface area contributed by atoms with Crippen molar-refractivity contribution in [3.05, 3.63) is 35.9 Å². The van der Waals surface area contributed by atoms with Crippen LogP contribution in [0.2, 0.25) is 0 Å². The van der Waals surface area contributed by atoms with Crippen molar-refractivity contribution in [2.24, 2.45) is 0 Å². The molecule has 0 saturated carbocycles. The Morgan fingerprint density at radius 1 is 1.50 bits per heavy atom. The molecule has 5 heteroatoms. The van der Waals surface area contributed by atoms with Gasteiger partial charge in [0, 0.05) is 6.42 Å². The van der Waals surface area contributed by atoms with Crippen LogP contribution in [0.15, 0.2) is 30.3 Å². The third-order valence-electron chi connectivity index (χ3n) is 2.53. The third-order valence-corrected chi connectivity index (χ3v) is 2.53. The number of rotatable bonds is 7. The van der Waals surface area contributed by atoms with Gasteiger partial charge in [-0.3, -0.25) is 9.71 Å². The molecule has 18 heavy (non-hydrogen) atoms. The fraction of sp³-hybridized carbons (Fsp3) is 0.462. The Morgan fingerprint density at radius 3 is 2.72 bits per heavy atom. The SMILES string of the molecule is CC(C#N)(CCF)NC(O)OCc1ccccc1. The second-order valence-electron chi connectivity index (χ2n) is 4.18. The number of hydrogen-bond donors (Lipinski definition) is 2. The Morgan fingerprint density at radius 2 is 2.17 bits per heavy atom. The van der Waals surface area contributed by atoms with Crippen LogP contribution in [0.5, 0.6) is 0 Å². The van der Waals surface area contributed by atoms with Crippen molar-refractivity contribution in [2.45, 2.75) is 31.9 Å². The van der Waals surface area contributed by atoms with E-state index < -0.39 is 18.6 Å². The van der Waals surface area contributed by atoms with E-state index in [1.54, 1.807) is 0 Å². The second kappa shape index (κ2) is 7.07. The summed E-state index contributed by atoms with van der Waals surface area (Å²) >= 11 is 0. The van der Waals surface area contributed by atoms with E-state index in [9.17, 15) is 9.50 Å². The van der Waals surface area contributed by atoms with E-state index in [2.05, 4.69) is 5.32 Å². The number of aliphatic hydroxyl groups is 1. The number of halogens is 1. The lowest BCUT2D eigenvalue weighted by Gasteiger charge is -2.25. The summed E-state index contributed by atoms with van der Waals surface area (Å²) in [5.41, 5.74) is -0.229. The van der Waals surface area contributed by atoms with Crippen LogP contribution in [0.1, 0.15) is 18.9 Å². The number of nitrogens with one attached hydrogen (secondary N) is 1. The summed E-state index contributed by atoms with van der Waals surface area (Å²) < 4.78 is 17.4. The zero-order valence-corrected chi connectivity index (χ0v) is 10.3. The predicted molar refractivity (Wildman–Crippen MR) is 65.0 cm³/mol. The van der Waals surface area contributed by atoms with Crippen LogP contribution >= 0.6 is 0 Å². The Balaban J connectivity index is 2.42. The highest BCUT2D eigenvalue weighted by atomic mass is 19.1. The minimum Gasteiger partial charge on any atom is -0.356 e. The number of aliphatic hydroxyl groups excluding tert-OH is 1. The molecule has 0 fully saturated rings. The van der Waals surface area contributed by atoms with Gasteiger partial charge in [0.15, 0.2) is 0 Å². The fourth-order valence-corrected chi connectivity index (χ4v) is 1.41. The van der Waals surface area contributed by atoms with Crippen LogP contribution in [-0.4, -0.2) is 23.7 Å². The van der Waals surface area contributed by atoms with E-state index in [1.807, 2.05) is 36.4 Å². The van der Waals surface area contributed by atoms with Crippen LogP contribution in [0.4, 0.5) is 4.39 Å². The first-order valence-electron chi connectivity index (χ1n) is 5.68. The van der Waals surface area contributed by atoms with Gasteiger partial charge in [-0.1, -0.05) is 30.3 Å². The van der Waals surface area contributed by atoms with E-state index in [-0.39, 0.29) is 13.0 Å². The van der Waals surface area contributed by atoms with Crippen molar-refractivity contribution in [3.63, 3.8) is 0 Å². The molecule has 1 aromatic carbocycles. The summed E-state index contributed by atoms with van der Waals surface area (Å²) in [6.45, 7) is 1.09. The molecule has 0 aromatic heterocycles. The first-order valence-corrected chi connectivity index (χ1v) is 5.68. The maximum atomic E-state index is 12.3. The minimum absolute atomic E-state index is 0.00471. The molecule has 0 saturated heterocycles. The maximum Gasteiger partial charge on any atom is 0.215 e. The molecular formula is C13H17FN2O2. The molecule has 0 spiro atoms. The van der Waals surface area contributed by atoms with Crippen LogP contribution in [-0.2, 0) is 11.3 Å². The fourth-order valence-electron chi connectivity index (χ4n) is 1.41. The lowest BCUT2D eigenvalue weighted by molar-refractivity contribution is -0.138. The van der Waals surface area contributed by atoms with Gasteiger partial charge in [-0.05, 0) is 12.5 Å². The second-order valence-corrected chi connectivity index (χ2v) is 4.18. The van der Waals surface area contributed by atoms with Gasteiger partial charge in [-0.15, -0.1) is 0 Å². The number of benzene rings is 1. The monoisotopic (exact) mass is 252 g/mol. The standard InChI is InChI=1S/C13H17FN2O2/c1-13(10-15,7-8-14)16-12(17)18-9-11-5-3-2-4-6-11/h2-6,12,16-17H,7-9H2,1H3. The number of alkyl halides is 1. The van der Waals surface area contributed by atoms with Crippen molar-refractivity contribution >= 4 is 0 Å². The van der Waals surface area contributed by atoms with Crippen molar-refractivity contribution in [1.29, 1.82) is 5.26 Å². The van der Waals surface area contributed by atoms with E-state index in [0.717, 1.165) is 5.56 Å². The van der Waals surface area contributed by atoms with Gasteiger partial charge < -0.3 is 9.84 Å². The molecule has 1 rings (SSSR count). The molecule has 2 atom stereocenters. The molecule has 0 amide bonds. The van der Waals surface area contributed by atoms with Gasteiger partial charge in [-0.25, -0.2) is 0 Å². The number of ether oxygens (including phenoxy) is 1. The lowest BCUT2D eigenvalue weighted by Crippen LogP contribution is -2.48. The molecule has 98 valence electrons. The van der Waals surface area contributed by atoms with Crippen molar-refractivity contribution < 1.29 is 14.2 Å². The third kappa shape index (κ3) is 4.80. The van der Waals surface area contributed by atoms with Crippen LogP contribution in [0, 0.1) is 11.3 Å². The Labute approximate surface area is 106 Å². The minimum atomic E-state index is -1.30. The quantitative estimate of drug-likeness (QED) is 0.725. The molecule has 1 aromatic rings. The normalized spacial score (nSPS) is 15.7. The maximum absolute atomic E-state index is 12.3. The highest BCUT2D eigenvalue weighted by Gasteiger charge is 2.26. The van der Waals surface area contributed by atoms with Gasteiger partial charge in [0.1, 0.15) is 5.54 Å². The average molecular weight is 252 g/mol. The highest BCUT2D eigenvalue weighted by Crippen LogP contribution is 2.10. The van der Waals surface area contributed by atoms with E-state index >= 15 is 0 Å². The van der Waals surface area contributed by atoms with Gasteiger partial charge in [-0.2, -0.15) is 5.26 Å². The van der Waals surface area contributed by atoms with Crippen molar-refractivity contribution in [3.8, 4) is 6.07 Å². The summed E-state index contributed by atoms with van der Waals surface area (Å²) in [4.78, 5) is 0. The molecule has 0 aliphatic rings. The predicted octanol–water partition coefficient (Wildman–Crippen LogP) is 1.71. The Bertz CT molecular complexity index is 394. The molecule has 0 aliphatic heterocycles. The van der Waals surface area contributed by atoms with Crippen molar-refractivity contribution in [1.82, 2.24) is 5.32 Å². The van der Waals surface area contributed by atoms with Gasteiger partial charge in [0.05, 0.1) is 19.4 Å². The molecule has 4 nitrogen and oxygen atoms in total. The molecule has 0 radical (unpaired) electrons. The van der Waals surface area contributed by atoms with Crippen LogP contribution in [0.25, 0.3) is 0 Å². The largest absolute Gasteiger partial charge is 0.356 e. The summed E-state index contributed by atoms with van der Waals surface area (Å²) in [6.07, 6.45) is -1.31. The molecule has 2 N–H and O–H groups in total.